The predicted molar refractivity (Wildman–Crippen MR) is 82.5 cm³/mol. The highest BCUT2D eigenvalue weighted by Gasteiger charge is 2.31. The van der Waals surface area contributed by atoms with Crippen molar-refractivity contribution in [1.82, 2.24) is 10.2 Å². The van der Waals surface area contributed by atoms with Crippen LogP contribution in [0, 0.1) is 0 Å². The Kier molecular flexibility index (Phi) is 5.84. The van der Waals surface area contributed by atoms with Gasteiger partial charge < -0.3 is 10.2 Å². The maximum absolute atomic E-state index is 3.78. The standard InChI is InChI=1S/C15H30N2S/c1-17-11-7-4-8-14(17)12-16-13-15(18-2)9-5-3-6-10-15/h14,16H,3-13H2,1-2H3. The maximum atomic E-state index is 3.78. The smallest absolute Gasteiger partial charge is 0.0281 e. The van der Waals surface area contributed by atoms with Gasteiger partial charge in [0, 0.05) is 23.9 Å². The van der Waals surface area contributed by atoms with Crippen LogP contribution >= 0.6 is 11.8 Å². The van der Waals surface area contributed by atoms with E-state index in [1.807, 2.05) is 0 Å². The number of hydrogen-bond donors (Lipinski definition) is 1. The molecule has 1 aliphatic carbocycles. The Hall–Kier alpha value is 0.270. The zero-order valence-electron chi connectivity index (χ0n) is 12.2. The first-order chi connectivity index (χ1) is 8.76. The predicted octanol–water partition coefficient (Wildman–Crippen LogP) is 3.13. The van der Waals surface area contributed by atoms with E-state index in [0.29, 0.717) is 4.75 Å². The van der Waals surface area contributed by atoms with Crippen LogP contribution in [0.15, 0.2) is 0 Å². The molecule has 2 aliphatic rings. The molecule has 0 bridgehead atoms. The topological polar surface area (TPSA) is 15.3 Å². The van der Waals surface area contributed by atoms with Crippen LogP contribution in [0.1, 0.15) is 51.4 Å². The van der Waals surface area contributed by atoms with Crippen molar-refractivity contribution in [3.05, 3.63) is 0 Å². The fourth-order valence-electron chi connectivity index (χ4n) is 3.52. The second-order valence-corrected chi connectivity index (χ2v) is 7.48. The molecule has 0 spiro atoms. The van der Waals surface area contributed by atoms with Gasteiger partial charge in [-0.1, -0.05) is 25.7 Å². The summed E-state index contributed by atoms with van der Waals surface area (Å²) in [6, 6.07) is 0.779. The van der Waals surface area contributed by atoms with Gasteiger partial charge in [-0.3, -0.25) is 0 Å². The van der Waals surface area contributed by atoms with Crippen molar-refractivity contribution in [3.8, 4) is 0 Å². The van der Waals surface area contributed by atoms with Gasteiger partial charge >= 0.3 is 0 Å². The van der Waals surface area contributed by atoms with Crippen molar-refractivity contribution < 1.29 is 0 Å². The Morgan fingerprint density at radius 1 is 1.17 bits per heavy atom. The van der Waals surface area contributed by atoms with Gasteiger partial charge in [0.2, 0.25) is 0 Å². The third-order valence-electron chi connectivity index (χ3n) is 4.95. The molecule has 1 unspecified atom stereocenters. The Morgan fingerprint density at radius 2 is 1.94 bits per heavy atom. The van der Waals surface area contributed by atoms with Gasteiger partial charge in [-0.25, -0.2) is 0 Å². The van der Waals surface area contributed by atoms with Crippen LogP contribution in [0.3, 0.4) is 0 Å². The van der Waals surface area contributed by atoms with E-state index in [0.717, 1.165) is 6.04 Å². The Bertz CT molecular complexity index is 239. The summed E-state index contributed by atoms with van der Waals surface area (Å²) in [5.74, 6) is 0. The van der Waals surface area contributed by atoms with Gasteiger partial charge in [0.05, 0.1) is 0 Å². The molecular formula is C15H30N2S. The third kappa shape index (κ3) is 3.88. The molecule has 0 aromatic carbocycles. The van der Waals surface area contributed by atoms with Crippen molar-refractivity contribution in [1.29, 1.82) is 0 Å². The van der Waals surface area contributed by atoms with E-state index in [1.54, 1.807) is 0 Å². The highest BCUT2D eigenvalue weighted by molar-refractivity contribution is 8.00. The Balaban J connectivity index is 1.72. The van der Waals surface area contributed by atoms with Gasteiger partial charge in [-0.15, -0.1) is 0 Å². The van der Waals surface area contributed by atoms with E-state index in [4.69, 9.17) is 0 Å². The number of nitrogens with one attached hydrogen (secondary N) is 1. The number of likely N-dealkylation sites (N-methyl/N-ethyl adjacent to an activating group) is 1. The van der Waals surface area contributed by atoms with Crippen molar-refractivity contribution in [2.24, 2.45) is 0 Å². The summed E-state index contributed by atoms with van der Waals surface area (Å²) in [5.41, 5.74) is 0. The molecule has 1 heterocycles. The molecule has 2 rings (SSSR count). The number of nitrogens with zero attached hydrogens (tertiary/aromatic N) is 1. The first kappa shape index (κ1) is 14.7. The lowest BCUT2D eigenvalue weighted by Gasteiger charge is -2.38. The molecule has 1 atom stereocenters. The Labute approximate surface area is 117 Å². The fraction of sp³-hybridized carbons (Fsp3) is 1.00. The van der Waals surface area contributed by atoms with Gasteiger partial charge in [0.1, 0.15) is 0 Å². The molecule has 0 aromatic rings. The molecule has 1 saturated carbocycles. The molecule has 1 aliphatic heterocycles. The molecule has 0 aromatic heterocycles. The number of piperidine rings is 1. The van der Waals surface area contributed by atoms with Gasteiger partial charge in [-0.2, -0.15) is 11.8 Å². The average Bonchev–Trinajstić information content (AvgIpc) is 2.42. The normalized spacial score (nSPS) is 29.3. The van der Waals surface area contributed by atoms with Crippen LogP contribution in [0.5, 0.6) is 0 Å². The summed E-state index contributed by atoms with van der Waals surface area (Å²) in [5, 5.41) is 3.78. The number of likely N-dealkylation sites (tertiary alicyclic amines) is 1. The zero-order chi connectivity index (χ0) is 12.8. The van der Waals surface area contributed by atoms with Crippen LogP contribution in [-0.4, -0.2) is 48.6 Å². The van der Waals surface area contributed by atoms with Crippen molar-refractivity contribution >= 4 is 11.8 Å². The molecule has 106 valence electrons. The lowest BCUT2D eigenvalue weighted by atomic mass is 9.88. The summed E-state index contributed by atoms with van der Waals surface area (Å²) < 4.78 is 0.547. The molecule has 1 N–H and O–H groups in total. The number of hydrogen-bond acceptors (Lipinski definition) is 3. The Morgan fingerprint density at radius 3 is 2.61 bits per heavy atom. The van der Waals surface area contributed by atoms with Gasteiger partial charge in [0.25, 0.3) is 0 Å². The summed E-state index contributed by atoms with van der Waals surface area (Å²) >= 11 is 2.10. The van der Waals surface area contributed by atoms with Crippen LogP contribution in [0.25, 0.3) is 0 Å². The van der Waals surface area contributed by atoms with Gasteiger partial charge in [0.15, 0.2) is 0 Å². The first-order valence-corrected chi connectivity index (χ1v) is 8.94. The number of thioether (sulfide) groups is 1. The molecule has 0 amide bonds. The summed E-state index contributed by atoms with van der Waals surface area (Å²) in [4.78, 5) is 2.54. The minimum absolute atomic E-state index is 0.547. The molecule has 18 heavy (non-hydrogen) atoms. The van der Waals surface area contributed by atoms with Crippen LogP contribution in [0.4, 0.5) is 0 Å². The summed E-state index contributed by atoms with van der Waals surface area (Å²) in [7, 11) is 2.29. The van der Waals surface area contributed by atoms with Crippen LogP contribution < -0.4 is 5.32 Å². The fourth-order valence-corrected chi connectivity index (χ4v) is 4.46. The van der Waals surface area contributed by atoms with Crippen LogP contribution in [0.2, 0.25) is 0 Å². The minimum Gasteiger partial charge on any atom is -0.314 e. The van der Waals surface area contributed by atoms with E-state index >= 15 is 0 Å². The average molecular weight is 270 g/mol. The highest BCUT2D eigenvalue weighted by atomic mass is 32.2. The minimum atomic E-state index is 0.547. The van der Waals surface area contributed by atoms with Crippen molar-refractivity contribution in [2.75, 3.05) is 32.9 Å². The van der Waals surface area contributed by atoms with E-state index in [2.05, 4.69) is 35.3 Å². The second-order valence-electron chi connectivity index (χ2n) is 6.21. The van der Waals surface area contributed by atoms with E-state index < -0.39 is 0 Å². The number of rotatable bonds is 5. The second kappa shape index (κ2) is 7.16. The molecule has 0 radical (unpaired) electrons. The largest absolute Gasteiger partial charge is 0.314 e. The lowest BCUT2D eigenvalue weighted by molar-refractivity contribution is 0.179. The SMILES string of the molecule is CSC1(CNCC2CCCCN2C)CCCCC1. The lowest BCUT2D eigenvalue weighted by Crippen LogP contribution is -2.47. The monoisotopic (exact) mass is 270 g/mol. The third-order valence-corrected chi connectivity index (χ3v) is 6.37. The molecule has 1 saturated heterocycles. The maximum Gasteiger partial charge on any atom is 0.0281 e. The molecule has 2 nitrogen and oxygen atoms in total. The summed E-state index contributed by atoms with van der Waals surface area (Å²) in [6.45, 7) is 3.71. The first-order valence-electron chi connectivity index (χ1n) is 7.72. The van der Waals surface area contributed by atoms with Crippen molar-refractivity contribution in [2.45, 2.75) is 62.2 Å². The van der Waals surface area contributed by atoms with E-state index in [1.165, 1.54) is 71.0 Å². The van der Waals surface area contributed by atoms with E-state index in [-0.39, 0.29) is 0 Å². The molecule has 2 fully saturated rings. The van der Waals surface area contributed by atoms with Crippen molar-refractivity contribution in [3.63, 3.8) is 0 Å². The zero-order valence-corrected chi connectivity index (χ0v) is 13.0. The quantitative estimate of drug-likeness (QED) is 0.826. The molecule has 3 heteroatoms. The molecular weight excluding hydrogens is 240 g/mol. The van der Waals surface area contributed by atoms with Crippen LogP contribution in [-0.2, 0) is 0 Å². The van der Waals surface area contributed by atoms with E-state index in [9.17, 15) is 0 Å². The summed E-state index contributed by atoms with van der Waals surface area (Å²) in [6.07, 6.45) is 13.7. The van der Waals surface area contributed by atoms with Gasteiger partial charge in [-0.05, 0) is 45.5 Å². The highest BCUT2D eigenvalue weighted by Crippen LogP contribution is 2.37.